The number of amides is 1. The third-order valence-electron chi connectivity index (χ3n) is 8.85. The molecule has 12 heteroatoms. The molecule has 1 amide bonds. The number of pyridine rings is 1. The lowest BCUT2D eigenvalue weighted by Gasteiger charge is -2.42. The third-order valence-corrected chi connectivity index (χ3v) is 9.43. The summed E-state index contributed by atoms with van der Waals surface area (Å²) in [6, 6.07) is 2.30. The van der Waals surface area contributed by atoms with Crippen LogP contribution in [0.25, 0.3) is 16.7 Å². The lowest BCUT2D eigenvalue weighted by atomic mass is 9.95. The number of ether oxygens (including phenoxy) is 2. The van der Waals surface area contributed by atoms with E-state index in [9.17, 15) is 9.18 Å². The second kappa shape index (κ2) is 9.40. The standard InChI is InChI=1S/C28H35BrFN7O3/c1-27(2,3)40-26(38)37-18-5-6-19(37)15-34(14-18)24-22-21(11-20(29)23-31-8-10-36(22)23)32-25(33-24)39-16-28-7-4-9-35(28)13-17(30)12-28/h8,10-11,17-19H,4-7,9,12-16H2,1-3H3/t17-,18-,19+,28+/m1/s1. The molecule has 7 rings (SSSR count). The van der Waals surface area contributed by atoms with Crippen LogP contribution in [-0.4, -0.2) is 97.4 Å². The average Bonchev–Trinajstić information content (AvgIpc) is 3.63. The molecule has 4 aliphatic heterocycles. The Morgan fingerprint density at radius 1 is 1.20 bits per heavy atom. The van der Waals surface area contributed by atoms with E-state index in [-0.39, 0.29) is 23.7 Å². The van der Waals surface area contributed by atoms with Crippen LogP contribution in [0.2, 0.25) is 0 Å². The lowest BCUT2D eigenvalue weighted by Crippen LogP contribution is -2.57. The molecule has 10 nitrogen and oxygen atoms in total. The Hall–Kier alpha value is -2.73. The number of imidazole rings is 1. The number of carbonyl (C=O) groups is 1. The van der Waals surface area contributed by atoms with E-state index in [1.165, 1.54) is 0 Å². The van der Waals surface area contributed by atoms with Crippen LogP contribution < -0.4 is 9.64 Å². The summed E-state index contributed by atoms with van der Waals surface area (Å²) in [4.78, 5) is 33.8. The monoisotopic (exact) mass is 615 g/mol. The molecule has 40 heavy (non-hydrogen) atoms. The quantitative estimate of drug-likeness (QED) is 0.421. The molecule has 4 atom stereocenters. The fourth-order valence-electron chi connectivity index (χ4n) is 7.24. The van der Waals surface area contributed by atoms with Gasteiger partial charge in [-0.15, -0.1) is 0 Å². The van der Waals surface area contributed by atoms with Gasteiger partial charge < -0.3 is 14.4 Å². The molecular weight excluding hydrogens is 581 g/mol. The highest BCUT2D eigenvalue weighted by molar-refractivity contribution is 9.10. The van der Waals surface area contributed by atoms with Crippen molar-refractivity contribution >= 4 is 44.5 Å². The van der Waals surface area contributed by atoms with Gasteiger partial charge in [0.25, 0.3) is 0 Å². The fraction of sp³-hybridized carbons (Fsp3) is 0.643. The Morgan fingerprint density at radius 2 is 1.98 bits per heavy atom. The third kappa shape index (κ3) is 4.38. The predicted octanol–water partition coefficient (Wildman–Crippen LogP) is 4.58. The molecule has 0 saturated carbocycles. The van der Waals surface area contributed by atoms with E-state index in [0.717, 1.165) is 59.2 Å². The zero-order valence-corrected chi connectivity index (χ0v) is 24.7. The lowest BCUT2D eigenvalue weighted by molar-refractivity contribution is 0.0122. The number of fused-ring (bicyclic) bond motifs is 6. The summed E-state index contributed by atoms with van der Waals surface area (Å²) in [5.41, 5.74) is 1.53. The maximum Gasteiger partial charge on any atom is 0.410 e. The molecule has 0 unspecified atom stereocenters. The molecule has 0 N–H and O–H groups in total. The molecule has 0 spiro atoms. The summed E-state index contributed by atoms with van der Waals surface area (Å²) in [5, 5.41) is 0. The summed E-state index contributed by atoms with van der Waals surface area (Å²) in [7, 11) is 0. The fourth-order valence-corrected chi connectivity index (χ4v) is 7.75. The van der Waals surface area contributed by atoms with Crippen molar-refractivity contribution in [1.29, 1.82) is 0 Å². The average molecular weight is 617 g/mol. The van der Waals surface area contributed by atoms with Crippen molar-refractivity contribution in [3.05, 3.63) is 22.9 Å². The van der Waals surface area contributed by atoms with Crippen LogP contribution >= 0.6 is 15.9 Å². The summed E-state index contributed by atoms with van der Waals surface area (Å²) in [5.74, 6) is 0.756. The number of nitrogens with zero attached hydrogens (tertiary/aromatic N) is 7. The largest absolute Gasteiger partial charge is 0.461 e. The number of hydrogen-bond donors (Lipinski definition) is 0. The zero-order valence-electron chi connectivity index (χ0n) is 23.1. The van der Waals surface area contributed by atoms with Gasteiger partial charge >= 0.3 is 12.1 Å². The van der Waals surface area contributed by atoms with E-state index in [0.29, 0.717) is 38.7 Å². The van der Waals surface area contributed by atoms with E-state index >= 15 is 0 Å². The molecule has 7 heterocycles. The number of hydrogen-bond acceptors (Lipinski definition) is 8. The van der Waals surface area contributed by atoms with E-state index in [1.807, 2.05) is 42.3 Å². The topological polar surface area (TPSA) is 88.3 Å². The molecule has 0 aliphatic carbocycles. The van der Waals surface area contributed by atoms with Crippen molar-refractivity contribution in [2.75, 3.05) is 37.7 Å². The van der Waals surface area contributed by atoms with Crippen LogP contribution in [0.1, 0.15) is 52.9 Å². The van der Waals surface area contributed by atoms with Crippen molar-refractivity contribution in [1.82, 2.24) is 29.2 Å². The van der Waals surface area contributed by atoms with E-state index in [2.05, 4.69) is 30.7 Å². The summed E-state index contributed by atoms with van der Waals surface area (Å²) in [6.07, 6.45) is 6.91. The Labute approximate surface area is 241 Å². The summed E-state index contributed by atoms with van der Waals surface area (Å²) in [6.45, 7) is 8.71. The smallest absolute Gasteiger partial charge is 0.410 e. The van der Waals surface area contributed by atoms with Crippen molar-refractivity contribution < 1.29 is 18.7 Å². The molecule has 4 aliphatic rings. The van der Waals surface area contributed by atoms with Gasteiger partial charge in [-0.25, -0.2) is 14.2 Å². The van der Waals surface area contributed by atoms with Crippen molar-refractivity contribution in [2.45, 2.75) is 82.3 Å². The Kier molecular flexibility index (Phi) is 6.16. The maximum atomic E-state index is 14.4. The van der Waals surface area contributed by atoms with Crippen LogP contribution in [0.15, 0.2) is 22.9 Å². The van der Waals surface area contributed by atoms with E-state index in [4.69, 9.17) is 19.4 Å². The van der Waals surface area contributed by atoms with Crippen molar-refractivity contribution in [3.8, 4) is 6.01 Å². The molecule has 3 aromatic heterocycles. The van der Waals surface area contributed by atoms with Crippen LogP contribution in [0, 0.1) is 0 Å². The van der Waals surface area contributed by atoms with Crippen LogP contribution in [0.3, 0.4) is 0 Å². The first-order valence-electron chi connectivity index (χ1n) is 14.2. The highest BCUT2D eigenvalue weighted by atomic mass is 79.9. The zero-order chi connectivity index (χ0) is 27.8. The van der Waals surface area contributed by atoms with Gasteiger partial charge in [0.15, 0.2) is 11.5 Å². The van der Waals surface area contributed by atoms with Gasteiger partial charge in [-0.3, -0.25) is 14.2 Å². The Balaban J connectivity index is 1.24. The van der Waals surface area contributed by atoms with E-state index in [1.54, 1.807) is 6.20 Å². The maximum absolute atomic E-state index is 14.4. The first-order valence-corrected chi connectivity index (χ1v) is 15.0. The molecule has 3 aromatic rings. The first-order chi connectivity index (χ1) is 19.1. The van der Waals surface area contributed by atoms with Gasteiger partial charge in [0, 0.05) is 38.4 Å². The predicted molar refractivity (Wildman–Crippen MR) is 152 cm³/mol. The minimum absolute atomic E-state index is 0.0302. The van der Waals surface area contributed by atoms with Crippen LogP contribution in [0.4, 0.5) is 15.0 Å². The SMILES string of the molecule is CC(C)(C)OC(=O)N1[C@@H]2CC[C@H]1CN(c1nc(OC[C@@]34CCCN3C[C@H](F)C4)nc3cc(Br)c4nccn4c13)C2. The van der Waals surface area contributed by atoms with Gasteiger partial charge in [0.1, 0.15) is 23.9 Å². The molecule has 2 bridgehead atoms. The molecule has 214 valence electrons. The van der Waals surface area contributed by atoms with Crippen LogP contribution in [-0.2, 0) is 4.74 Å². The van der Waals surface area contributed by atoms with Gasteiger partial charge in [0.2, 0.25) is 0 Å². The molecule has 4 fully saturated rings. The molecule has 4 saturated heterocycles. The number of piperazine rings is 1. The minimum atomic E-state index is -0.820. The highest BCUT2D eigenvalue weighted by Crippen LogP contribution is 2.41. The van der Waals surface area contributed by atoms with Gasteiger partial charge in [-0.1, -0.05) is 0 Å². The molecule has 0 radical (unpaired) electrons. The van der Waals surface area contributed by atoms with Gasteiger partial charge in [-0.2, -0.15) is 9.97 Å². The highest BCUT2D eigenvalue weighted by Gasteiger charge is 2.50. The number of aromatic nitrogens is 4. The van der Waals surface area contributed by atoms with E-state index < -0.39 is 11.8 Å². The second-order valence-corrected chi connectivity index (χ2v) is 13.6. The Bertz CT molecular complexity index is 1460. The number of alkyl halides is 1. The van der Waals surface area contributed by atoms with Gasteiger partial charge in [0.05, 0.1) is 27.6 Å². The number of carbonyl (C=O) groups excluding carboxylic acids is 1. The number of rotatable bonds is 4. The second-order valence-electron chi connectivity index (χ2n) is 12.7. The number of halogens is 2. The van der Waals surface area contributed by atoms with Gasteiger partial charge in [-0.05, 0) is 75.0 Å². The van der Waals surface area contributed by atoms with Crippen molar-refractivity contribution in [2.24, 2.45) is 0 Å². The Morgan fingerprint density at radius 3 is 2.73 bits per heavy atom. The minimum Gasteiger partial charge on any atom is -0.461 e. The summed E-state index contributed by atoms with van der Waals surface area (Å²) < 4.78 is 29.3. The molecule has 0 aromatic carbocycles. The normalized spacial score (nSPS) is 28.6. The van der Waals surface area contributed by atoms with Crippen molar-refractivity contribution in [3.63, 3.8) is 0 Å². The van der Waals surface area contributed by atoms with Crippen LogP contribution in [0.5, 0.6) is 6.01 Å². The first kappa shape index (κ1) is 26.2. The number of anilines is 1. The summed E-state index contributed by atoms with van der Waals surface area (Å²) >= 11 is 3.65. The molecular formula is C28H35BrFN7O3.